The van der Waals surface area contributed by atoms with E-state index in [2.05, 4.69) is 376 Å². The highest BCUT2D eigenvalue weighted by atomic mass is 79.9. The molecular weight excluding hydrogens is 1420 g/mol. The molecule has 540 valence electrons. The van der Waals surface area contributed by atoms with Crippen molar-refractivity contribution in [1.82, 2.24) is 39.9 Å². The molecule has 0 atom stereocenters. The first-order chi connectivity index (χ1) is 49.3. The first-order valence-electron chi connectivity index (χ1n) is 37.7. The molecule has 0 radical (unpaired) electrons. The van der Waals surface area contributed by atoms with Gasteiger partial charge in [0.15, 0.2) is 0 Å². The maximum atomic E-state index is 6.22. The van der Waals surface area contributed by atoms with Crippen molar-refractivity contribution in [2.75, 3.05) is 0 Å². The summed E-state index contributed by atoms with van der Waals surface area (Å²) in [5.41, 5.74) is 31.0. The Morgan fingerprint density at radius 3 is 0.717 bits per heavy atom. The lowest BCUT2D eigenvalue weighted by Gasteiger charge is -2.26. The zero-order chi connectivity index (χ0) is 76.0. The summed E-state index contributed by atoms with van der Waals surface area (Å²) in [5.74, 6) is 0. The number of halogens is 2. The molecule has 8 aromatic heterocycles. The van der Waals surface area contributed by atoms with Gasteiger partial charge in [-0.2, -0.15) is 0 Å². The van der Waals surface area contributed by atoms with Gasteiger partial charge >= 0.3 is 0 Å². The highest BCUT2D eigenvalue weighted by Crippen LogP contribution is 2.48. The van der Waals surface area contributed by atoms with Crippen LogP contribution in [0.1, 0.15) is 233 Å². The summed E-state index contributed by atoms with van der Waals surface area (Å²) in [6.07, 6.45) is 8.68. The fourth-order valence-electron chi connectivity index (χ4n) is 15.2. The number of benzene rings is 5. The molecule has 0 aliphatic carbocycles. The van der Waals surface area contributed by atoms with Crippen LogP contribution in [-0.4, -0.2) is 39.9 Å². The van der Waals surface area contributed by atoms with Crippen LogP contribution in [-0.2, 0) is 43.3 Å². The van der Waals surface area contributed by atoms with Crippen molar-refractivity contribution >= 4 is 144 Å². The molecule has 13 aromatic rings. The molecule has 10 heterocycles. The second-order valence-electron chi connectivity index (χ2n) is 38.5. The van der Waals surface area contributed by atoms with Gasteiger partial charge in [-0.3, -0.25) is 0 Å². The molecule has 2 aliphatic heterocycles. The first-order valence-corrected chi connectivity index (χ1v) is 39.3. The molecule has 0 saturated heterocycles. The molecule has 10 heteroatoms. The van der Waals surface area contributed by atoms with E-state index in [0.717, 1.165) is 164 Å². The van der Waals surface area contributed by atoms with Gasteiger partial charge in [-0.25, -0.2) is 19.9 Å². The van der Waals surface area contributed by atoms with Crippen LogP contribution in [0.5, 0.6) is 0 Å². The van der Waals surface area contributed by atoms with Gasteiger partial charge in [0, 0.05) is 76.9 Å². The Labute approximate surface area is 642 Å². The quantitative estimate of drug-likeness (QED) is 0.141. The van der Waals surface area contributed by atoms with Gasteiger partial charge in [0.2, 0.25) is 0 Å². The first kappa shape index (κ1) is 72.6. The molecule has 0 fully saturated rings. The number of H-pyrrole nitrogens is 4. The number of rotatable bonds is 4. The predicted octanol–water partition coefficient (Wildman–Crippen LogP) is 28.2. The van der Waals surface area contributed by atoms with Gasteiger partial charge in [-0.1, -0.05) is 239 Å². The Hall–Kier alpha value is -8.96. The van der Waals surface area contributed by atoms with Crippen LogP contribution in [0.25, 0.3) is 157 Å². The number of nitrogens with zero attached hydrogens (tertiary/aromatic N) is 4. The summed E-state index contributed by atoms with van der Waals surface area (Å²) in [4.78, 5) is 40.2. The standard InChI is InChI=1S/C96H102Br2N8/c1-89(2,3)55-37-51(38-56(45-55)90(4,5)6)79-65-25-27-71(99-65)83-84-72-28-26-66(100-72)80(52-39-57(91(7,8)9)46-58(40-52)92(10,11)12)68-30-34-74(102-68)86(98)76-36-32-70(104-76)82(54-43-61(95(19,20)21)48-62(44-54)96(22,23)24)78-50-64(88(84)106-78)63-49-77(105-87(63)83)81(53-41-59(93(13,14)15)47-60(42-53)94(16,17)18)69-31-35-75(103-69)85(97)73-33-29-67(79)101-73/h25-50,99-100,103-104H,1-24H3. The Balaban J connectivity index is 1.24. The zero-order valence-electron chi connectivity index (χ0n) is 66.6. The molecule has 4 N–H and O–H groups in total. The van der Waals surface area contributed by atoms with Crippen molar-refractivity contribution in [2.45, 2.75) is 209 Å². The molecule has 5 aromatic carbocycles. The van der Waals surface area contributed by atoms with Gasteiger partial charge in [0.25, 0.3) is 0 Å². The lowest BCUT2D eigenvalue weighted by Crippen LogP contribution is -2.16. The van der Waals surface area contributed by atoms with E-state index in [-0.39, 0.29) is 43.3 Å². The molecule has 16 bridgehead atoms. The Morgan fingerprint density at radius 1 is 0.236 bits per heavy atom. The summed E-state index contributed by atoms with van der Waals surface area (Å²) >= 11 is 8.35. The molecule has 15 rings (SSSR count). The van der Waals surface area contributed by atoms with Crippen LogP contribution in [0.15, 0.2) is 142 Å². The van der Waals surface area contributed by atoms with Crippen molar-refractivity contribution in [2.24, 2.45) is 0 Å². The van der Waals surface area contributed by atoms with E-state index in [1.165, 1.54) is 44.5 Å². The normalized spacial score (nSPS) is 13.7. The molecule has 0 unspecified atom stereocenters. The van der Waals surface area contributed by atoms with E-state index in [0.29, 0.717) is 0 Å². The lowest BCUT2D eigenvalue weighted by atomic mass is 9.78. The third-order valence-electron chi connectivity index (χ3n) is 22.0. The van der Waals surface area contributed by atoms with E-state index in [4.69, 9.17) is 19.9 Å². The van der Waals surface area contributed by atoms with E-state index in [1.54, 1.807) is 0 Å². The topological polar surface area (TPSA) is 115 Å². The molecule has 0 amide bonds. The minimum Gasteiger partial charge on any atom is -0.354 e. The SMILES string of the molecule is CC(C)(C)c1cc(-c2c3nc(c(Br)c4ccc([nH]4)c(-c4cc(C(C)(C)C)cc(C(C)(C)C)c4)c4cc5c6cc7nc6c(c6ccc([nH]6)c(-c6cc(C(C)(C)C)cc(C(C)(C)C)c6)c6nc(c(Br)c8ccc([nH]8)c7-c7cc(C(C)(C)C)cc(C(C)(C)C)c7)C=C6)c(c6ccc2[nH]6)c5n4)C=C3)cc(C(C)(C)C)c1. The number of aromatic amines is 4. The highest BCUT2D eigenvalue weighted by Gasteiger charge is 2.31. The average molecular weight is 1530 g/mol. The third kappa shape index (κ3) is 13.1. The summed E-state index contributed by atoms with van der Waals surface area (Å²) in [6, 6.07) is 51.4. The van der Waals surface area contributed by atoms with Crippen molar-refractivity contribution in [1.29, 1.82) is 0 Å². The fourth-order valence-corrected chi connectivity index (χ4v) is 16.1. The molecule has 2 aliphatic rings. The second-order valence-corrected chi connectivity index (χ2v) is 40.0. The van der Waals surface area contributed by atoms with Gasteiger partial charge in [0.1, 0.15) is 0 Å². The molecule has 0 spiro atoms. The smallest absolute Gasteiger partial charge is 0.0817 e. The summed E-state index contributed by atoms with van der Waals surface area (Å²) in [7, 11) is 0. The monoisotopic (exact) mass is 1520 g/mol. The van der Waals surface area contributed by atoms with E-state index >= 15 is 0 Å². The fraction of sp³-hybridized carbons (Fsp3) is 0.333. The number of hydrogen-bond donors (Lipinski definition) is 4. The zero-order valence-corrected chi connectivity index (χ0v) is 69.7. The van der Waals surface area contributed by atoms with Gasteiger partial charge in [0.05, 0.1) is 64.8 Å². The van der Waals surface area contributed by atoms with E-state index in [9.17, 15) is 0 Å². The predicted molar refractivity (Wildman–Crippen MR) is 464 cm³/mol. The summed E-state index contributed by atoms with van der Waals surface area (Å²) < 4.78 is 1.73. The highest BCUT2D eigenvalue weighted by molar-refractivity contribution is 9.11. The van der Waals surface area contributed by atoms with Gasteiger partial charge in [-0.05, 0) is 227 Å². The van der Waals surface area contributed by atoms with E-state index < -0.39 is 0 Å². The average Bonchev–Trinajstić information content (AvgIpc) is 1.55. The molecule has 0 saturated carbocycles. The van der Waals surface area contributed by atoms with Crippen molar-refractivity contribution in [3.8, 4) is 44.5 Å². The maximum Gasteiger partial charge on any atom is 0.0817 e. The maximum absolute atomic E-state index is 6.22. The van der Waals surface area contributed by atoms with Gasteiger partial charge in [-0.15, -0.1) is 0 Å². The number of hydrogen-bond acceptors (Lipinski definition) is 4. The largest absolute Gasteiger partial charge is 0.354 e. The Morgan fingerprint density at radius 2 is 0.453 bits per heavy atom. The molecular formula is C96H102Br2N8. The van der Waals surface area contributed by atoms with Gasteiger partial charge < -0.3 is 19.9 Å². The van der Waals surface area contributed by atoms with Crippen LogP contribution in [0, 0.1) is 0 Å². The van der Waals surface area contributed by atoms with Crippen molar-refractivity contribution < 1.29 is 0 Å². The molecule has 106 heavy (non-hydrogen) atoms. The van der Waals surface area contributed by atoms with Crippen LogP contribution in [0.2, 0.25) is 0 Å². The second kappa shape index (κ2) is 24.8. The van der Waals surface area contributed by atoms with Crippen LogP contribution in [0.3, 0.4) is 0 Å². The summed E-state index contributed by atoms with van der Waals surface area (Å²) in [6.45, 7) is 55.6. The van der Waals surface area contributed by atoms with Crippen LogP contribution >= 0.6 is 31.9 Å². The third-order valence-corrected chi connectivity index (χ3v) is 23.6. The Kier molecular flexibility index (Phi) is 17.0. The van der Waals surface area contributed by atoms with Crippen molar-refractivity contribution in [3.63, 3.8) is 0 Å². The minimum absolute atomic E-state index is 0.155. The Bertz CT molecular complexity index is 5670. The van der Waals surface area contributed by atoms with E-state index in [1.807, 2.05) is 0 Å². The number of fused-ring (bicyclic) bond motifs is 18. The van der Waals surface area contributed by atoms with Crippen molar-refractivity contribution in [3.05, 3.63) is 210 Å². The van der Waals surface area contributed by atoms with Crippen LogP contribution in [0.4, 0.5) is 0 Å². The lowest BCUT2D eigenvalue weighted by molar-refractivity contribution is 0.568. The number of aromatic nitrogens is 8. The summed E-state index contributed by atoms with van der Waals surface area (Å²) in [5, 5.41) is 3.83. The number of nitrogens with one attached hydrogen (secondary N) is 4. The minimum atomic E-state index is -0.175. The van der Waals surface area contributed by atoms with Crippen LogP contribution < -0.4 is 0 Å². The molecule has 8 nitrogen and oxygen atoms in total.